The van der Waals surface area contributed by atoms with Crippen molar-refractivity contribution in [1.82, 2.24) is 24.9 Å². The lowest BCUT2D eigenvalue weighted by Gasteiger charge is -2.07. The van der Waals surface area contributed by atoms with Crippen molar-refractivity contribution in [1.29, 1.82) is 0 Å². The molecular formula is C25H15F4N5O2. The molecule has 0 fully saturated rings. The minimum Gasteiger partial charge on any atom is -0.475 e. The van der Waals surface area contributed by atoms with Crippen LogP contribution >= 0.6 is 0 Å². The maximum Gasteiger partial charge on any atom is 0.490 e. The number of aromatic nitrogens is 5. The summed E-state index contributed by atoms with van der Waals surface area (Å²) in [7, 11) is 0. The van der Waals surface area contributed by atoms with Gasteiger partial charge in [-0.25, -0.2) is 14.2 Å². The summed E-state index contributed by atoms with van der Waals surface area (Å²) in [6, 6.07) is 13.7. The predicted octanol–water partition coefficient (Wildman–Crippen LogP) is 6.09. The molecule has 0 spiro atoms. The smallest absolute Gasteiger partial charge is 0.475 e. The van der Waals surface area contributed by atoms with Gasteiger partial charge in [-0.15, -0.1) is 0 Å². The summed E-state index contributed by atoms with van der Waals surface area (Å²) in [6.07, 6.45) is 3.31. The zero-order valence-corrected chi connectivity index (χ0v) is 18.1. The van der Waals surface area contributed by atoms with Gasteiger partial charge in [0.1, 0.15) is 11.5 Å². The van der Waals surface area contributed by atoms with E-state index in [0.29, 0.717) is 11.2 Å². The Hall–Kier alpha value is -4.80. The molecule has 0 bridgehead atoms. The van der Waals surface area contributed by atoms with Crippen molar-refractivity contribution < 1.29 is 27.5 Å². The number of benzene rings is 1. The van der Waals surface area contributed by atoms with Crippen molar-refractivity contribution >= 4 is 38.8 Å². The molecule has 0 aliphatic rings. The molecule has 0 radical (unpaired) electrons. The number of halogens is 4. The van der Waals surface area contributed by atoms with E-state index in [0.717, 1.165) is 44.0 Å². The Morgan fingerprint density at radius 1 is 0.944 bits per heavy atom. The van der Waals surface area contributed by atoms with Gasteiger partial charge in [-0.3, -0.25) is 9.97 Å². The number of carboxylic acid groups (broad SMARTS) is 1. The third-order valence-electron chi connectivity index (χ3n) is 5.50. The molecule has 0 unspecified atom stereocenters. The van der Waals surface area contributed by atoms with Crippen molar-refractivity contribution in [2.24, 2.45) is 0 Å². The highest BCUT2D eigenvalue weighted by molar-refractivity contribution is 6.14. The van der Waals surface area contributed by atoms with E-state index < -0.39 is 12.1 Å². The number of hydrogen-bond donors (Lipinski definition) is 3. The third kappa shape index (κ3) is 4.22. The number of fused-ring (bicyclic) bond motifs is 4. The largest absolute Gasteiger partial charge is 0.490 e. The number of pyridine rings is 3. The van der Waals surface area contributed by atoms with E-state index in [2.05, 4.69) is 24.9 Å². The molecule has 6 rings (SSSR count). The Kier molecular flexibility index (Phi) is 5.59. The molecule has 1 aromatic carbocycles. The van der Waals surface area contributed by atoms with Gasteiger partial charge < -0.3 is 15.1 Å². The SMILES string of the molecule is Fc1cnc2[nH]c3cnc(-c4cccnc4)cc3c2c1-c1ccc2cc[nH]c2c1.O=C(O)C(F)(F)F. The van der Waals surface area contributed by atoms with E-state index in [4.69, 9.17) is 9.90 Å². The molecule has 0 saturated heterocycles. The number of alkyl halides is 3. The minimum absolute atomic E-state index is 0.357. The zero-order chi connectivity index (χ0) is 25.4. The first-order valence-corrected chi connectivity index (χ1v) is 10.5. The van der Waals surface area contributed by atoms with Gasteiger partial charge in [0, 0.05) is 46.0 Å². The molecule has 36 heavy (non-hydrogen) atoms. The number of aliphatic carboxylic acids is 1. The molecule has 3 N–H and O–H groups in total. The first kappa shape index (κ1) is 23.0. The van der Waals surface area contributed by atoms with E-state index in [1.165, 1.54) is 6.20 Å². The summed E-state index contributed by atoms with van der Waals surface area (Å²) in [5.41, 5.74) is 5.42. The average molecular weight is 493 g/mol. The second kappa shape index (κ2) is 8.77. The molecule has 0 amide bonds. The van der Waals surface area contributed by atoms with Crippen LogP contribution in [-0.2, 0) is 4.79 Å². The Labute approximate surface area is 199 Å². The maximum absolute atomic E-state index is 15.0. The fourth-order valence-electron chi connectivity index (χ4n) is 3.89. The highest BCUT2D eigenvalue weighted by atomic mass is 19.4. The number of hydrogen-bond acceptors (Lipinski definition) is 4. The second-order valence-electron chi connectivity index (χ2n) is 7.77. The summed E-state index contributed by atoms with van der Waals surface area (Å²) in [5.74, 6) is -3.11. The van der Waals surface area contributed by atoms with Gasteiger partial charge in [0.05, 0.1) is 23.6 Å². The Morgan fingerprint density at radius 3 is 2.47 bits per heavy atom. The molecule has 0 aliphatic carbocycles. The quantitative estimate of drug-likeness (QED) is 0.253. The Morgan fingerprint density at radius 2 is 1.75 bits per heavy atom. The van der Waals surface area contributed by atoms with Gasteiger partial charge in [0.25, 0.3) is 0 Å². The van der Waals surface area contributed by atoms with Gasteiger partial charge in [-0.05, 0) is 41.3 Å². The minimum atomic E-state index is -5.08. The van der Waals surface area contributed by atoms with Crippen molar-refractivity contribution in [2.75, 3.05) is 0 Å². The highest BCUT2D eigenvalue weighted by Gasteiger charge is 2.38. The number of nitrogens with zero attached hydrogens (tertiary/aromatic N) is 3. The normalized spacial score (nSPS) is 11.6. The van der Waals surface area contributed by atoms with Crippen molar-refractivity contribution in [3.05, 3.63) is 79.3 Å². The third-order valence-corrected chi connectivity index (χ3v) is 5.50. The summed E-state index contributed by atoms with van der Waals surface area (Å²) < 4.78 is 46.8. The number of nitrogens with one attached hydrogen (secondary N) is 2. The first-order valence-electron chi connectivity index (χ1n) is 10.5. The van der Waals surface area contributed by atoms with Crippen LogP contribution in [0.4, 0.5) is 17.6 Å². The van der Waals surface area contributed by atoms with E-state index in [1.807, 2.05) is 48.7 Å². The summed E-state index contributed by atoms with van der Waals surface area (Å²) in [5, 5.41) is 9.84. The lowest BCUT2D eigenvalue weighted by Crippen LogP contribution is -2.21. The van der Waals surface area contributed by atoms with Crippen LogP contribution in [0.25, 0.3) is 55.2 Å². The van der Waals surface area contributed by atoms with Gasteiger partial charge in [-0.1, -0.05) is 12.1 Å². The Bertz CT molecular complexity index is 1730. The number of rotatable bonds is 2. The van der Waals surface area contributed by atoms with Crippen LogP contribution in [0.2, 0.25) is 0 Å². The van der Waals surface area contributed by atoms with Gasteiger partial charge in [0.2, 0.25) is 0 Å². The standard InChI is InChI=1S/C23H14FN5.C2HF3O2/c24-17-11-28-23-22(21(17)14-4-3-13-5-7-26-18(13)8-14)16-9-19(27-12-20(16)29-23)15-2-1-6-25-10-15;3-2(4,5)1(6)7/h1-12,26H,(H,28,29);(H,6,7). The van der Waals surface area contributed by atoms with Crippen molar-refractivity contribution in [3.8, 4) is 22.4 Å². The van der Waals surface area contributed by atoms with E-state index in [9.17, 15) is 13.2 Å². The molecule has 0 aliphatic heterocycles. The molecule has 6 aromatic rings. The van der Waals surface area contributed by atoms with Gasteiger partial charge in [-0.2, -0.15) is 13.2 Å². The molecule has 11 heteroatoms. The number of H-pyrrole nitrogens is 2. The predicted molar refractivity (Wildman–Crippen MR) is 126 cm³/mol. The summed E-state index contributed by atoms with van der Waals surface area (Å²) in [6.45, 7) is 0. The summed E-state index contributed by atoms with van der Waals surface area (Å²) >= 11 is 0. The zero-order valence-electron chi connectivity index (χ0n) is 18.1. The topological polar surface area (TPSA) is 108 Å². The molecule has 180 valence electrons. The van der Waals surface area contributed by atoms with Gasteiger partial charge >= 0.3 is 12.1 Å². The molecule has 0 saturated carbocycles. The van der Waals surface area contributed by atoms with E-state index >= 15 is 4.39 Å². The van der Waals surface area contributed by atoms with Crippen LogP contribution in [0.5, 0.6) is 0 Å². The van der Waals surface area contributed by atoms with Crippen LogP contribution < -0.4 is 0 Å². The van der Waals surface area contributed by atoms with Crippen LogP contribution in [0.3, 0.4) is 0 Å². The highest BCUT2D eigenvalue weighted by Crippen LogP contribution is 2.37. The molecular weight excluding hydrogens is 478 g/mol. The molecule has 0 atom stereocenters. The lowest BCUT2D eigenvalue weighted by atomic mass is 9.99. The van der Waals surface area contributed by atoms with E-state index in [-0.39, 0.29) is 5.82 Å². The number of aromatic amines is 2. The van der Waals surface area contributed by atoms with Crippen LogP contribution in [-0.4, -0.2) is 42.2 Å². The number of carboxylic acids is 1. The lowest BCUT2D eigenvalue weighted by molar-refractivity contribution is -0.192. The second-order valence-corrected chi connectivity index (χ2v) is 7.77. The number of carbonyl (C=O) groups is 1. The first-order chi connectivity index (χ1) is 17.2. The van der Waals surface area contributed by atoms with Crippen LogP contribution in [0.15, 0.2) is 73.4 Å². The maximum atomic E-state index is 15.0. The van der Waals surface area contributed by atoms with Crippen molar-refractivity contribution in [3.63, 3.8) is 0 Å². The molecule has 7 nitrogen and oxygen atoms in total. The van der Waals surface area contributed by atoms with Crippen LogP contribution in [0.1, 0.15) is 0 Å². The van der Waals surface area contributed by atoms with Gasteiger partial charge in [0.15, 0.2) is 0 Å². The fourth-order valence-corrected chi connectivity index (χ4v) is 3.89. The van der Waals surface area contributed by atoms with Crippen molar-refractivity contribution in [2.45, 2.75) is 6.18 Å². The Balaban J connectivity index is 0.000000338. The molecule has 5 aromatic heterocycles. The fraction of sp³-hybridized carbons (Fsp3) is 0.0400. The van der Waals surface area contributed by atoms with Crippen LogP contribution in [0, 0.1) is 5.82 Å². The average Bonchev–Trinajstić information content (AvgIpc) is 3.48. The van der Waals surface area contributed by atoms with E-state index in [1.54, 1.807) is 18.6 Å². The monoisotopic (exact) mass is 493 g/mol. The summed E-state index contributed by atoms with van der Waals surface area (Å²) in [4.78, 5) is 28.3. The molecule has 5 heterocycles.